The van der Waals surface area contributed by atoms with E-state index in [1.165, 1.54) is 58.6 Å². The highest BCUT2D eigenvalue weighted by molar-refractivity contribution is 6.96. The van der Waals surface area contributed by atoms with Crippen LogP contribution in [0.1, 0.15) is 50.6 Å². The lowest BCUT2D eigenvalue weighted by molar-refractivity contribution is -0.137. The number of nitrogens with zero attached hydrogens (tertiary/aromatic N) is 5. The van der Waals surface area contributed by atoms with Gasteiger partial charge in [0.25, 0.3) is 0 Å². The number of para-hydroxylation sites is 3. The van der Waals surface area contributed by atoms with Crippen LogP contribution in [0, 0.1) is 62.0 Å². The molecular weight excluding hydrogens is 1610 g/mol. The third-order valence-corrected chi connectivity index (χ3v) is 28.0. The number of pyridine rings is 4. The number of benzene rings is 14. The van der Waals surface area contributed by atoms with Crippen LogP contribution in [-0.4, -0.2) is 103 Å². The van der Waals surface area contributed by atoms with Gasteiger partial charge in [-0.15, -0.1) is 0 Å². The van der Waals surface area contributed by atoms with E-state index in [1.807, 2.05) is 167 Å². The van der Waals surface area contributed by atoms with Gasteiger partial charge in [0.05, 0.1) is 29.2 Å². The molecule has 0 spiro atoms. The Balaban J connectivity index is 0.000000128. The zero-order valence-corrected chi connectivity index (χ0v) is 75.2. The molecule has 592 valence electrons. The van der Waals surface area contributed by atoms with Gasteiger partial charge in [0, 0.05) is 44.3 Å². The molecule has 122 heavy (non-hydrogen) atoms. The molecular formula is C102H82Al4F3N5O6Si2. The van der Waals surface area contributed by atoms with Gasteiger partial charge in [0.2, 0.25) is 0 Å². The zero-order valence-electron chi connectivity index (χ0n) is 68.6. The molecule has 0 aliphatic heterocycles. The van der Waals surface area contributed by atoms with Crippen LogP contribution in [-0.2, 0) is 6.18 Å². The van der Waals surface area contributed by atoms with Gasteiger partial charge >= 0.3 is 71.2 Å². The molecule has 0 aliphatic carbocycles. The van der Waals surface area contributed by atoms with Gasteiger partial charge in [0.15, 0.2) is 23.3 Å². The van der Waals surface area contributed by atoms with Crippen LogP contribution in [0.15, 0.2) is 352 Å². The first-order chi connectivity index (χ1) is 59.3. The predicted octanol–water partition coefficient (Wildman–Crippen LogP) is 20.6. The minimum Gasteiger partial charge on any atom is -0.652 e. The molecule has 8 radical (unpaired) electrons. The van der Waals surface area contributed by atoms with Gasteiger partial charge in [-0.1, -0.05) is 306 Å². The Labute approximate surface area is 744 Å². The minimum atomic E-state index is -4.47. The van der Waals surface area contributed by atoms with Gasteiger partial charge in [0.1, 0.15) is 39.5 Å². The third-order valence-electron chi connectivity index (χ3n) is 20.1. The van der Waals surface area contributed by atoms with Crippen LogP contribution in [0.3, 0.4) is 0 Å². The van der Waals surface area contributed by atoms with E-state index >= 15 is 0 Å². The lowest BCUT2D eigenvalue weighted by atomic mass is 10.1. The average molecular weight is 1690 g/mol. The monoisotopic (exact) mass is 1690 g/mol. The molecule has 14 aromatic carbocycles. The highest BCUT2D eigenvalue weighted by atomic mass is 28.3. The van der Waals surface area contributed by atoms with Gasteiger partial charge in [-0.05, 0) is 176 Å². The van der Waals surface area contributed by atoms with Crippen molar-refractivity contribution in [2.24, 2.45) is 0 Å². The van der Waals surface area contributed by atoms with E-state index in [0.29, 0.717) is 39.3 Å². The molecule has 0 amide bonds. The molecule has 4 heterocycles. The van der Waals surface area contributed by atoms with Crippen molar-refractivity contribution >= 4 is 185 Å². The number of aromatic nitrogens is 4. The van der Waals surface area contributed by atoms with Crippen LogP contribution in [0.2, 0.25) is 0 Å². The summed E-state index contributed by atoms with van der Waals surface area (Å²) in [6.45, 7) is 23.6. The van der Waals surface area contributed by atoms with Crippen molar-refractivity contribution in [3.8, 4) is 34.5 Å². The van der Waals surface area contributed by atoms with E-state index in [-0.39, 0.29) is 5.75 Å². The van der Waals surface area contributed by atoms with Crippen LogP contribution in [0.5, 0.6) is 34.5 Å². The smallest absolute Gasteiger partial charge is 0.652 e. The van der Waals surface area contributed by atoms with Crippen molar-refractivity contribution in [2.45, 2.75) is 61.6 Å². The standard InChI is InChI=1S/C22H17Si.C21H21Si.C11H8F3NO.C11H8N2O.2C10H9NO.C10H8O.C7H8O.4Al/c1-3-11-20(12-4-1)23(21-13-5-2-6-14-21)22-16-15-18-9-7-8-10-19(18)17-22;1-16-10-4-7-13-19(16)22(20-14-8-5-11-17(20)2)21-15-9-6-12-18(21)3;1-6-2-3-7-4-8(11(12,13)14)5-9(16)10(7)15-6;1-7-3-4-8-9(12-2)5-6-10(14)11(8)13-7;2*1-7-5-6-8-3-2-4-9(12)10(8)11-7;11-10-6-5-8-3-1-2-4-9(8)7-10;1-6-4-2-3-5-7(6)8;;;;/h1-17H;4-15H,1-3H3;2-5,16H,1H3;3-6,14H,1H3;2*2-6,12H,1H3;1-7,11H;2-5,8H,1H3;;;;/q;;;;;;;;2*+1;2*+2/p-6. The van der Waals surface area contributed by atoms with E-state index < -0.39 is 61.1 Å². The Morgan fingerprint density at radius 3 is 1.20 bits per heavy atom. The molecule has 18 aromatic rings. The summed E-state index contributed by atoms with van der Waals surface area (Å²) in [5.41, 5.74) is 11.6. The van der Waals surface area contributed by atoms with E-state index in [2.05, 4.69) is 255 Å². The van der Waals surface area contributed by atoms with Crippen molar-refractivity contribution in [1.82, 2.24) is 19.9 Å². The average Bonchev–Trinajstić information content (AvgIpc) is 0.797. The molecule has 0 N–H and O–H groups in total. The van der Waals surface area contributed by atoms with Gasteiger partial charge in [-0.25, -0.2) is 19.8 Å². The summed E-state index contributed by atoms with van der Waals surface area (Å²) >= 11 is 2.71. The fraction of sp³-hybridized carbons (Fsp3) is 0.0882. The summed E-state index contributed by atoms with van der Waals surface area (Å²) in [6.07, 6.45) is -4.47. The molecule has 0 bridgehead atoms. The third kappa shape index (κ3) is 22.7. The molecule has 20 heteroatoms. The molecule has 0 saturated carbocycles. The molecule has 11 nitrogen and oxygen atoms in total. The van der Waals surface area contributed by atoms with Crippen molar-refractivity contribution in [2.75, 3.05) is 0 Å². The summed E-state index contributed by atoms with van der Waals surface area (Å²) in [6, 6.07) is 118. The summed E-state index contributed by atoms with van der Waals surface area (Å²) in [5.74, 6) is 3.75. The van der Waals surface area contributed by atoms with E-state index in [1.54, 1.807) is 31.2 Å². The van der Waals surface area contributed by atoms with Gasteiger partial charge < -0.3 is 22.7 Å². The lowest BCUT2D eigenvalue weighted by Gasteiger charge is -2.22. The van der Waals surface area contributed by atoms with Crippen molar-refractivity contribution < 1.29 is 35.9 Å². The summed E-state index contributed by atoms with van der Waals surface area (Å²) in [5, 5.41) is 16.9. The molecule has 18 rings (SSSR count). The Morgan fingerprint density at radius 1 is 0.303 bits per heavy atom. The van der Waals surface area contributed by atoms with Crippen LogP contribution in [0.25, 0.3) is 70.0 Å². The highest BCUT2D eigenvalue weighted by Crippen LogP contribution is 2.37. The summed E-state index contributed by atoms with van der Waals surface area (Å²) in [7, 11) is -1.94. The minimum absolute atomic E-state index is 0.0734. The SMILES string of the molecule is Cc1ccc2cc(C(F)(F)F)cc([O][Al][O]c3ccc4ccccc4c3)c2n1.Cc1ccc2cccc([O][Al])c2n1.Cc1ccc2cccc([O][Al])c2n1.Cc1ccccc1[Si](c1ccccc1C)c1ccccc1C.[C-]#[N+]c1ccc([O][Al][O]c2ccccc2C)c2nc(C)ccc12.c1ccc([Si](c2ccccc2)c2ccc3ccccc3c2)cc1. The van der Waals surface area contributed by atoms with E-state index in [0.717, 1.165) is 90.0 Å². The van der Waals surface area contributed by atoms with Gasteiger partial charge in [-0.2, -0.15) is 13.2 Å². The number of fused-ring (bicyclic) bond motifs is 6. The van der Waals surface area contributed by atoms with Crippen LogP contribution >= 0.6 is 0 Å². The quantitative estimate of drug-likeness (QED) is 0.0527. The summed E-state index contributed by atoms with van der Waals surface area (Å²) < 4.78 is 72.8. The predicted molar refractivity (Wildman–Crippen MR) is 499 cm³/mol. The fourth-order valence-corrected chi connectivity index (χ4v) is 21.3. The van der Waals surface area contributed by atoms with Crippen molar-refractivity contribution in [1.29, 1.82) is 0 Å². The Morgan fingerprint density at radius 2 is 0.697 bits per heavy atom. The maximum absolute atomic E-state index is 13.2. The molecule has 0 saturated heterocycles. The van der Waals surface area contributed by atoms with Gasteiger partial charge in [-0.3, -0.25) is 4.98 Å². The Hall–Kier alpha value is -12.1. The zero-order chi connectivity index (χ0) is 85.5. The maximum Gasteiger partial charge on any atom is 0.881 e. The van der Waals surface area contributed by atoms with Crippen molar-refractivity contribution in [3.05, 3.63) is 414 Å². The molecule has 0 atom stereocenters. The topological polar surface area (TPSA) is 111 Å². The van der Waals surface area contributed by atoms with Crippen LogP contribution < -0.4 is 53.9 Å². The number of aryl methyl sites for hydroxylation is 8. The van der Waals surface area contributed by atoms with Crippen molar-refractivity contribution in [3.63, 3.8) is 0 Å². The number of hydrogen-bond acceptors (Lipinski definition) is 10. The first-order valence-electron chi connectivity index (χ1n) is 39.4. The Kier molecular flexibility index (Phi) is 30.5. The number of halogens is 3. The van der Waals surface area contributed by atoms with Crippen LogP contribution in [0.4, 0.5) is 18.9 Å². The second kappa shape index (κ2) is 42.4. The number of rotatable bonds is 16. The molecule has 4 aromatic heterocycles. The number of hydrogen-bond donors (Lipinski definition) is 0. The lowest BCUT2D eigenvalue weighted by Crippen LogP contribution is -2.54. The first kappa shape index (κ1) is 87.7. The summed E-state index contributed by atoms with van der Waals surface area (Å²) in [4.78, 5) is 21.2. The second-order valence-corrected chi connectivity index (χ2v) is 35.4. The largest absolute Gasteiger partial charge is 0.881 e. The van der Waals surface area contributed by atoms with E-state index in [9.17, 15) is 13.2 Å². The molecule has 0 unspecified atom stereocenters. The Bertz CT molecular complexity index is 6460. The number of alkyl halides is 3. The van der Waals surface area contributed by atoms with E-state index in [4.69, 9.17) is 29.3 Å². The fourth-order valence-electron chi connectivity index (χ4n) is 13.9. The normalized spacial score (nSPS) is 10.8. The maximum atomic E-state index is 13.2. The second-order valence-electron chi connectivity index (χ2n) is 28.8. The first-order valence-corrected chi connectivity index (χ1v) is 45.2. The highest BCUT2D eigenvalue weighted by Gasteiger charge is 2.32. The molecule has 0 aliphatic rings. The molecule has 0 fully saturated rings.